The maximum atomic E-state index is 5.11. The lowest BCUT2D eigenvalue weighted by atomic mass is 10.8. The highest BCUT2D eigenvalue weighted by atomic mass is 28.3. The maximum absolute atomic E-state index is 5.11. The second-order valence-electron chi connectivity index (χ2n) is 3.50. The van der Waals surface area contributed by atoms with E-state index in [1.807, 2.05) is 6.92 Å². The lowest BCUT2D eigenvalue weighted by Crippen LogP contribution is -2.38. The fourth-order valence-electron chi connectivity index (χ4n) is 0.708. The zero-order chi connectivity index (χ0) is 7.78. The molecule has 1 aromatic rings. The molecule has 0 saturated carbocycles. The Hall–Kier alpha value is -0.573. The minimum atomic E-state index is -1.22. The quantitative estimate of drug-likeness (QED) is 0.575. The summed E-state index contributed by atoms with van der Waals surface area (Å²) < 4.78 is 5.11. The molecular weight excluding hydrogens is 142 g/mol. The molecule has 0 unspecified atom stereocenters. The van der Waals surface area contributed by atoms with Gasteiger partial charge in [-0.25, -0.2) is 4.98 Å². The monoisotopic (exact) mass is 155 g/mol. The van der Waals surface area contributed by atoms with E-state index in [0.717, 1.165) is 11.2 Å². The van der Waals surface area contributed by atoms with Crippen LogP contribution in [0.15, 0.2) is 10.7 Å². The third-order valence-corrected chi connectivity index (χ3v) is 3.15. The number of nitrogens with zero attached hydrogens (tertiary/aromatic N) is 1. The number of aryl methyl sites for hydroxylation is 1. The van der Waals surface area contributed by atoms with Crippen LogP contribution in [-0.2, 0) is 0 Å². The fourth-order valence-corrected chi connectivity index (χ4v) is 1.61. The molecule has 0 amide bonds. The van der Waals surface area contributed by atoms with E-state index in [9.17, 15) is 0 Å². The molecule has 2 nitrogen and oxygen atoms in total. The molecule has 0 aliphatic heterocycles. The Morgan fingerprint density at radius 2 is 2.00 bits per heavy atom. The van der Waals surface area contributed by atoms with E-state index in [1.54, 1.807) is 6.26 Å². The Morgan fingerprint density at radius 3 is 2.20 bits per heavy atom. The van der Waals surface area contributed by atoms with E-state index in [-0.39, 0.29) is 0 Å². The molecule has 3 heteroatoms. The van der Waals surface area contributed by atoms with Crippen LogP contribution in [0.1, 0.15) is 5.89 Å². The predicted molar refractivity (Wildman–Crippen MR) is 44.2 cm³/mol. The predicted octanol–water partition coefficient (Wildman–Crippen LogP) is 1.53. The van der Waals surface area contributed by atoms with Gasteiger partial charge >= 0.3 is 0 Å². The van der Waals surface area contributed by atoms with Gasteiger partial charge in [-0.05, 0) is 0 Å². The van der Waals surface area contributed by atoms with E-state index in [4.69, 9.17) is 4.42 Å². The zero-order valence-electron chi connectivity index (χ0n) is 6.93. The Labute approximate surface area is 62.3 Å². The number of aromatic nitrogens is 1. The van der Waals surface area contributed by atoms with Gasteiger partial charge in [0.15, 0.2) is 5.89 Å². The van der Waals surface area contributed by atoms with Gasteiger partial charge in [0.1, 0.15) is 14.3 Å². The fraction of sp³-hybridized carbons (Fsp3) is 0.571. The highest BCUT2D eigenvalue weighted by molar-refractivity contribution is 6.88. The first-order valence-corrected chi connectivity index (χ1v) is 6.93. The summed E-state index contributed by atoms with van der Waals surface area (Å²) in [7, 11) is -1.22. The number of rotatable bonds is 1. The molecule has 0 radical (unpaired) electrons. The highest BCUT2D eigenvalue weighted by Crippen LogP contribution is 2.01. The summed E-state index contributed by atoms with van der Waals surface area (Å²) in [6, 6.07) is 0. The molecule has 0 spiro atoms. The van der Waals surface area contributed by atoms with E-state index < -0.39 is 8.07 Å². The van der Waals surface area contributed by atoms with Crippen LogP contribution in [0.25, 0.3) is 0 Å². The van der Waals surface area contributed by atoms with Crippen molar-refractivity contribution in [3.05, 3.63) is 12.2 Å². The zero-order valence-corrected chi connectivity index (χ0v) is 7.93. The average Bonchev–Trinajstić information content (AvgIpc) is 2.11. The van der Waals surface area contributed by atoms with Crippen molar-refractivity contribution in [3.63, 3.8) is 0 Å². The maximum Gasteiger partial charge on any atom is 0.190 e. The topological polar surface area (TPSA) is 26.0 Å². The summed E-state index contributed by atoms with van der Waals surface area (Å²) in [4.78, 5) is 4.28. The van der Waals surface area contributed by atoms with Gasteiger partial charge in [-0.15, -0.1) is 0 Å². The SMILES string of the molecule is Cc1nc([Si](C)(C)C)co1. The van der Waals surface area contributed by atoms with Gasteiger partial charge in [-0.1, -0.05) is 19.6 Å². The van der Waals surface area contributed by atoms with Gasteiger partial charge in [0, 0.05) is 6.92 Å². The van der Waals surface area contributed by atoms with Gasteiger partial charge in [-0.2, -0.15) is 0 Å². The number of hydrogen-bond acceptors (Lipinski definition) is 2. The van der Waals surface area contributed by atoms with Crippen LogP contribution in [0.5, 0.6) is 0 Å². The van der Waals surface area contributed by atoms with Crippen LogP contribution in [0.3, 0.4) is 0 Å². The highest BCUT2D eigenvalue weighted by Gasteiger charge is 2.19. The minimum Gasteiger partial charge on any atom is -0.449 e. The molecule has 0 aliphatic carbocycles. The summed E-state index contributed by atoms with van der Waals surface area (Å²) in [5, 5.41) is 1.16. The molecule has 1 heterocycles. The first kappa shape index (κ1) is 7.53. The van der Waals surface area contributed by atoms with Gasteiger partial charge in [0.25, 0.3) is 0 Å². The van der Waals surface area contributed by atoms with Crippen molar-refractivity contribution in [2.45, 2.75) is 26.6 Å². The third-order valence-electron chi connectivity index (χ3n) is 1.39. The van der Waals surface area contributed by atoms with E-state index in [0.29, 0.717) is 0 Å². The first-order valence-electron chi connectivity index (χ1n) is 3.43. The third kappa shape index (κ3) is 1.47. The van der Waals surface area contributed by atoms with E-state index in [1.165, 1.54) is 0 Å². The van der Waals surface area contributed by atoms with Crippen LogP contribution >= 0.6 is 0 Å². The summed E-state index contributed by atoms with van der Waals surface area (Å²) in [5.41, 5.74) is 0. The van der Waals surface area contributed by atoms with Crippen LogP contribution in [0.2, 0.25) is 19.6 Å². The minimum absolute atomic E-state index is 0.775. The van der Waals surface area contributed by atoms with Gasteiger partial charge < -0.3 is 4.42 Å². The van der Waals surface area contributed by atoms with E-state index in [2.05, 4.69) is 24.6 Å². The molecule has 0 aliphatic rings. The summed E-state index contributed by atoms with van der Waals surface area (Å²) >= 11 is 0. The Kier molecular flexibility index (Phi) is 1.68. The van der Waals surface area contributed by atoms with Crippen molar-refractivity contribution in [2.75, 3.05) is 0 Å². The van der Waals surface area contributed by atoms with Crippen molar-refractivity contribution in [1.29, 1.82) is 0 Å². The Morgan fingerprint density at radius 1 is 1.40 bits per heavy atom. The largest absolute Gasteiger partial charge is 0.449 e. The Bertz CT molecular complexity index is 224. The van der Waals surface area contributed by atoms with Crippen molar-refractivity contribution < 1.29 is 4.42 Å². The van der Waals surface area contributed by atoms with Crippen LogP contribution in [0, 0.1) is 6.92 Å². The van der Waals surface area contributed by atoms with Crippen molar-refractivity contribution in [1.82, 2.24) is 4.98 Å². The summed E-state index contributed by atoms with van der Waals surface area (Å²) in [6.07, 6.45) is 1.78. The number of hydrogen-bond donors (Lipinski definition) is 0. The molecule has 1 aromatic heterocycles. The molecule has 10 heavy (non-hydrogen) atoms. The summed E-state index contributed by atoms with van der Waals surface area (Å²) in [6.45, 7) is 8.64. The first-order chi connectivity index (χ1) is 4.50. The van der Waals surface area contributed by atoms with Gasteiger partial charge in [0.05, 0.1) is 5.32 Å². The van der Waals surface area contributed by atoms with Crippen molar-refractivity contribution in [2.24, 2.45) is 0 Å². The average molecular weight is 155 g/mol. The Balaban J connectivity index is 2.96. The smallest absolute Gasteiger partial charge is 0.190 e. The van der Waals surface area contributed by atoms with Crippen LogP contribution in [0.4, 0.5) is 0 Å². The summed E-state index contributed by atoms with van der Waals surface area (Å²) in [5.74, 6) is 0.775. The molecule has 0 saturated heterocycles. The molecular formula is C7H13NOSi. The second kappa shape index (κ2) is 2.23. The number of oxazole rings is 1. The van der Waals surface area contributed by atoms with E-state index >= 15 is 0 Å². The molecule has 0 atom stereocenters. The molecule has 0 N–H and O–H groups in total. The van der Waals surface area contributed by atoms with Gasteiger partial charge in [-0.3, -0.25) is 0 Å². The molecule has 56 valence electrons. The lowest BCUT2D eigenvalue weighted by Gasteiger charge is -2.09. The lowest BCUT2D eigenvalue weighted by molar-refractivity contribution is 0.522. The standard InChI is InChI=1S/C7H13NOSi/c1-6-8-7(5-9-6)10(2,3)4/h5H,1-4H3. The molecule has 0 aromatic carbocycles. The molecule has 0 fully saturated rings. The van der Waals surface area contributed by atoms with Crippen LogP contribution < -0.4 is 5.32 Å². The van der Waals surface area contributed by atoms with Crippen molar-refractivity contribution >= 4 is 13.4 Å². The van der Waals surface area contributed by atoms with Crippen LogP contribution in [-0.4, -0.2) is 13.1 Å². The molecule has 0 bridgehead atoms. The van der Waals surface area contributed by atoms with Crippen molar-refractivity contribution in [3.8, 4) is 0 Å². The van der Waals surface area contributed by atoms with Gasteiger partial charge in [0.2, 0.25) is 0 Å². The molecule has 1 rings (SSSR count). The normalized spacial score (nSPS) is 12.0. The second-order valence-corrected chi connectivity index (χ2v) is 8.51.